The molecule has 5 heteroatoms. The van der Waals surface area contributed by atoms with Crippen molar-refractivity contribution >= 4 is 23.0 Å². The number of rotatable bonds is 7. The molecule has 0 aromatic heterocycles. The Hall–Kier alpha value is -1.00. The number of anilines is 2. The van der Waals surface area contributed by atoms with E-state index in [-0.39, 0.29) is 5.02 Å². The standard InChI is InChI=1S/C13H20ClFN2O/c1-9(2)8-18-5-3-4-17-13-6-10(14)11(15)7-12(13)16/h6-7,9,17H,3-5,8,16H2,1-2H3. The first-order valence-corrected chi connectivity index (χ1v) is 6.44. The fraction of sp³-hybridized carbons (Fsp3) is 0.538. The van der Waals surface area contributed by atoms with Gasteiger partial charge in [0.05, 0.1) is 16.4 Å². The van der Waals surface area contributed by atoms with E-state index in [1.165, 1.54) is 12.1 Å². The van der Waals surface area contributed by atoms with Crippen molar-refractivity contribution in [2.75, 3.05) is 30.8 Å². The lowest BCUT2D eigenvalue weighted by Gasteiger charge is -2.11. The zero-order valence-electron chi connectivity index (χ0n) is 10.8. The van der Waals surface area contributed by atoms with Crippen molar-refractivity contribution in [3.63, 3.8) is 0 Å². The van der Waals surface area contributed by atoms with Crippen LogP contribution in [0.5, 0.6) is 0 Å². The first kappa shape index (κ1) is 15.1. The van der Waals surface area contributed by atoms with Crippen LogP contribution in [0.4, 0.5) is 15.8 Å². The highest BCUT2D eigenvalue weighted by atomic mass is 35.5. The third kappa shape index (κ3) is 5.10. The first-order valence-electron chi connectivity index (χ1n) is 6.07. The second-order valence-electron chi connectivity index (χ2n) is 4.60. The molecule has 0 aliphatic heterocycles. The molecular formula is C13H20ClFN2O. The van der Waals surface area contributed by atoms with E-state index in [9.17, 15) is 4.39 Å². The largest absolute Gasteiger partial charge is 0.397 e. The van der Waals surface area contributed by atoms with Crippen LogP contribution in [0, 0.1) is 11.7 Å². The van der Waals surface area contributed by atoms with Gasteiger partial charge in [-0.15, -0.1) is 0 Å². The lowest BCUT2D eigenvalue weighted by Crippen LogP contribution is -2.09. The maximum Gasteiger partial charge on any atom is 0.143 e. The maximum absolute atomic E-state index is 13.1. The summed E-state index contributed by atoms with van der Waals surface area (Å²) in [6.07, 6.45) is 0.862. The molecule has 1 rings (SSSR count). The minimum Gasteiger partial charge on any atom is -0.397 e. The van der Waals surface area contributed by atoms with Crippen LogP contribution in [0.2, 0.25) is 5.02 Å². The monoisotopic (exact) mass is 274 g/mol. The van der Waals surface area contributed by atoms with Crippen molar-refractivity contribution in [1.82, 2.24) is 0 Å². The molecule has 1 aromatic carbocycles. The van der Waals surface area contributed by atoms with E-state index in [1.54, 1.807) is 0 Å². The zero-order chi connectivity index (χ0) is 13.5. The van der Waals surface area contributed by atoms with Gasteiger partial charge in [-0.25, -0.2) is 4.39 Å². The summed E-state index contributed by atoms with van der Waals surface area (Å²) in [6.45, 7) is 6.40. The Bertz CT molecular complexity index is 385. The van der Waals surface area contributed by atoms with Gasteiger partial charge in [-0.2, -0.15) is 0 Å². The number of hydrogen-bond donors (Lipinski definition) is 2. The summed E-state index contributed by atoms with van der Waals surface area (Å²) < 4.78 is 18.5. The molecule has 0 saturated carbocycles. The predicted molar refractivity (Wildman–Crippen MR) is 74.6 cm³/mol. The van der Waals surface area contributed by atoms with Gasteiger partial charge >= 0.3 is 0 Å². The second-order valence-corrected chi connectivity index (χ2v) is 5.01. The van der Waals surface area contributed by atoms with Crippen LogP contribution in [0.25, 0.3) is 0 Å². The van der Waals surface area contributed by atoms with Gasteiger partial charge in [0, 0.05) is 25.8 Å². The average Bonchev–Trinajstić information content (AvgIpc) is 2.29. The lowest BCUT2D eigenvalue weighted by molar-refractivity contribution is 0.110. The molecule has 0 spiro atoms. The van der Waals surface area contributed by atoms with Crippen molar-refractivity contribution in [2.45, 2.75) is 20.3 Å². The number of nitrogens with one attached hydrogen (secondary N) is 1. The van der Waals surface area contributed by atoms with Gasteiger partial charge in [0.15, 0.2) is 0 Å². The second kappa shape index (κ2) is 7.44. The van der Waals surface area contributed by atoms with Crippen LogP contribution in [0.1, 0.15) is 20.3 Å². The maximum atomic E-state index is 13.1. The van der Waals surface area contributed by atoms with Gasteiger partial charge in [0.25, 0.3) is 0 Å². The Morgan fingerprint density at radius 1 is 1.44 bits per heavy atom. The Balaban J connectivity index is 2.29. The summed E-state index contributed by atoms with van der Waals surface area (Å²) in [7, 11) is 0. The molecule has 0 amide bonds. The summed E-state index contributed by atoms with van der Waals surface area (Å²) in [4.78, 5) is 0. The molecule has 0 fully saturated rings. The minimum atomic E-state index is -0.500. The Labute approximate surface area is 112 Å². The van der Waals surface area contributed by atoms with Gasteiger partial charge in [0.1, 0.15) is 5.82 Å². The molecule has 3 N–H and O–H groups in total. The normalized spacial score (nSPS) is 10.9. The molecule has 0 saturated heterocycles. The molecule has 3 nitrogen and oxygen atoms in total. The van der Waals surface area contributed by atoms with Crippen LogP contribution in [0.15, 0.2) is 12.1 Å². The van der Waals surface area contributed by atoms with Crippen molar-refractivity contribution in [2.24, 2.45) is 5.92 Å². The van der Waals surface area contributed by atoms with Crippen LogP contribution in [-0.4, -0.2) is 19.8 Å². The minimum absolute atomic E-state index is 0.0720. The number of nitrogens with two attached hydrogens (primary N) is 1. The highest BCUT2D eigenvalue weighted by Gasteiger charge is 2.05. The molecule has 0 radical (unpaired) electrons. The van der Waals surface area contributed by atoms with E-state index < -0.39 is 5.82 Å². The fourth-order valence-corrected chi connectivity index (χ4v) is 1.60. The summed E-state index contributed by atoms with van der Waals surface area (Å²) in [5.41, 5.74) is 6.70. The molecule has 102 valence electrons. The van der Waals surface area contributed by atoms with Crippen LogP contribution in [0.3, 0.4) is 0 Å². The SMILES string of the molecule is CC(C)COCCCNc1cc(Cl)c(F)cc1N. The van der Waals surface area contributed by atoms with Crippen LogP contribution >= 0.6 is 11.6 Å². The molecule has 0 unspecified atom stereocenters. The molecule has 18 heavy (non-hydrogen) atoms. The van der Waals surface area contributed by atoms with Crippen molar-refractivity contribution < 1.29 is 9.13 Å². The highest BCUT2D eigenvalue weighted by molar-refractivity contribution is 6.31. The number of hydrogen-bond acceptors (Lipinski definition) is 3. The topological polar surface area (TPSA) is 47.3 Å². The van der Waals surface area contributed by atoms with Gasteiger partial charge in [-0.05, 0) is 18.4 Å². The van der Waals surface area contributed by atoms with Gasteiger partial charge in [-0.3, -0.25) is 0 Å². The summed E-state index contributed by atoms with van der Waals surface area (Å²) >= 11 is 5.69. The van der Waals surface area contributed by atoms with Crippen LogP contribution in [-0.2, 0) is 4.74 Å². The quantitative estimate of drug-likeness (QED) is 0.591. The van der Waals surface area contributed by atoms with E-state index in [2.05, 4.69) is 19.2 Å². The van der Waals surface area contributed by atoms with E-state index in [0.29, 0.717) is 30.4 Å². The predicted octanol–water partition coefficient (Wildman–Crippen LogP) is 3.54. The van der Waals surface area contributed by atoms with E-state index in [4.69, 9.17) is 22.1 Å². The summed E-state index contributed by atoms with van der Waals surface area (Å²) in [5.74, 6) is 0.0458. The fourth-order valence-electron chi connectivity index (χ4n) is 1.43. The molecule has 0 bridgehead atoms. The first-order chi connectivity index (χ1) is 8.50. The smallest absolute Gasteiger partial charge is 0.143 e. The highest BCUT2D eigenvalue weighted by Crippen LogP contribution is 2.26. The summed E-state index contributed by atoms with van der Waals surface area (Å²) in [5, 5.41) is 3.18. The zero-order valence-corrected chi connectivity index (χ0v) is 11.6. The Morgan fingerprint density at radius 3 is 2.83 bits per heavy atom. The molecule has 0 atom stereocenters. The number of halogens is 2. The molecular weight excluding hydrogens is 255 g/mol. The van der Waals surface area contributed by atoms with Gasteiger partial charge in [0.2, 0.25) is 0 Å². The molecule has 0 aliphatic carbocycles. The van der Waals surface area contributed by atoms with E-state index >= 15 is 0 Å². The Morgan fingerprint density at radius 2 is 2.17 bits per heavy atom. The number of nitrogen functional groups attached to an aromatic ring is 1. The lowest BCUT2D eigenvalue weighted by atomic mass is 10.2. The van der Waals surface area contributed by atoms with Gasteiger partial charge < -0.3 is 15.8 Å². The molecule has 1 aromatic rings. The Kier molecular flexibility index (Phi) is 6.22. The number of ether oxygens (including phenoxy) is 1. The number of benzene rings is 1. The molecule has 0 heterocycles. The van der Waals surface area contributed by atoms with Crippen molar-refractivity contribution in [3.8, 4) is 0 Å². The third-order valence-corrected chi connectivity index (χ3v) is 2.61. The van der Waals surface area contributed by atoms with Gasteiger partial charge in [-0.1, -0.05) is 25.4 Å². The van der Waals surface area contributed by atoms with E-state index in [1.807, 2.05) is 0 Å². The third-order valence-electron chi connectivity index (χ3n) is 2.32. The van der Waals surface area contributed by atoms with Crippen molar-refractivity contribution in [3.05, 3.63) is 23.0 Å². The van der Waals surface area contributed by atoms with Crippen molar-refractivity contribution in [1.29, 1.82) is 0 Å². The van der Waals surface area contributed by atoms with Crippen LogP contribution < -0.4 is 11.1 Å². The molecule has 0 aliphatic rings. The van der Waals surface area contributed by atoms with E-state index in [0.717, 1.165) is 13.0 Å². The average molecular weight is 275 g/mol. The summed E-state index contributed by atoms with van der Waals surface area (Å²) in [6, 6.07) is 2.72.